The molecule has 1 atom stereocenters. The van der Waals surface area contributed by atoms with Crippen molar-refractivity contribution in [1.82, 2.24) is 4.90 Å². The predicted molar refractivity (Wildman–Crippen MR) is 83.2 cm³/mol. The Morgan fingerprint density at radius 1 is 1.38 bits per heavy atom. The van der Waals surface area contributed by atoms with Crippen LogP contribution in [0, 0.1) is 5.41 Å². The van der Waals surface area contributed by atoms with Crippen LogP contribution in [0.3, 0.4) is 0 Å². The molecule has 0 bridgehead atoms. The van der Waals surface area contributed by atoms with Crippen molar-refractivity contribution in [2.75, 3.05) is 18.9 Å². The van der Waals surface area contributed by atoms with Crippen LogP contribution >= 0.6 is 0 Å². The summed E-state index contributed by atoms with van der Waals surface area (Å²) in [6.45, 7) is 6.49. The molecular formula is C16H23N3O2. The van der Waals surface area contributed by atoms with Crippen LogP contribution in [0.1, 0.15) is 36.7 Å². The summed E-state index contributed by atoms with van der Waals surface area (Å²) >= 11 is 0. The van der Waals surface area contributed by atoms with Crippen LogP contribution in [0.5, 0.6) is 0 Å². The minimum atomic E-state index is -0.605. The lowest BCUT2D eigenvalue weighted by atomic mass is 9.87. The summed E-state index contributed by atoms with van der Waals surface area (Å²) in [6.07, 6.45) is 0.841. The monoisotopic (exact) mass is 289 g/mol. The van der Waals surface area contributed by atoms with E-state index in [-0.39, 0.29) is 17.2 Å². The number of fused-ring (bicyclic) bond motifs is 1. The maximum absolute atomic E-state index is 12.1. The average Bonchev–Trinajstić information content (AvgIpc) is 2.41. The van der Waals surface area contributed by atoms with Crippen LogP contribution in [0.15, 0.2) is 18.2 Å². The van der Waals surface area contributed by atoms with Gasteiger partial charge in [0.1, 0.15) is 0 Å². The number of carbonyl (C=O) groups excluding carboxylic acids is 2. The van der Waals surface area contributed by atoms with Crippen molar-refractivity contribution in [3.05, 3.63) is 29.3 Å². The zero-order valence-corrected chi connectivity index (χ0v) is 13.1. The molecule has 0 spiro atoms. The van der Waals surface area contributed by atoms with Gasteiger partial charge in [0.2, 0.25) is 5.91 Å². The third-order valence-corrected chi connectivity index (χ3v) is 3.89. The molecule has 5 nitrogen and oxygen atoms in total. The highest BCUT2D eigenvalue weighted by Gasteiger charge is 2.28. The molecule has 5 heteroatoms. The molecule has 0 unspecified atom stereocenters. The smallest absolute Gasteiger partial charge is 0.253 e. The SMILES string of the molecule is CN1CCc2ccc(NC(=O)[C@@H](N)C(C)(C)C)cc2C1=O. The van der Waals surface area contributed by atoms with E-state index in [1.807, 2.05) is 32.9 Å². The minimum Gasteiger partial charge on any atom is -0.341 e. The second kappa shape index (κ2) is 5.48. The Hall–Kier alpha value is -1.88. The van der Waals surface area contributed by atoms with Gasteiger partial charge in [-0.15, -0.1) is 0 Å². The number of nitrogens with two attached hydrogens (primary N) is 1. The lowest BCUT2D eigenvalue weighted by molar-refractivity contribution is -0.119. The first-order valence-electron chi connectivity index (χ1n) is 7.15. The number of nitrogens with zero attached hydrogens (tertiary/aromatic N) is 1. The van der Waals surface area contributed by atoms with Crippen molar-refractivity contribution in [3.63, 3.8) is 0 Å². The number of amides is 2. The van der Waals surface area contributed by atoms with Crippen LogP contribution in [-0.2, 0) is 11.2 Å². The van der Waals surface area contributed by atoms with Crippen molar-refractivity contribution >= 4 is 17.5 Å². The first kappa shape index (κ1) is 15.5. The Balaban J connectivity index is 2.20. The molecule has 0 radical (unpaired) electrons. The molecule has 1 aliphatic rings. The third-order valence-electron chi connectivity index (χ3n) is 3.89. The topological polar surface area (TPSA) is 75.4 Å². The van der Waals surface area contributed by atoms with Gasteiger partial charge in [-0.05, 0) is 29.5 Å². The van der Waals surface area contributed by atoms with Gasteiger partial charge in [-0.3, -0.25) is 9.59 Å². The number of anilines is 1. The number of rotatable bonds is 2. The number of hydrogen-bond donors (Lipinski definition) is 2. The van der Waals surface area contributed by atoms with E-state index in [1.165, 1.54) is 0 Å². The molecule has 114 valence electrons. The summed E-state index contributed by atoms with van der Waals surface area (Å²) in [5.41, 5.74) is 7.93. The Labute approximate surface area is 125 Å². The van der Waals surface area contributed by atoms with E-state index in [9.17, 15) is 9.59 Å². The van der Waals surface area contributed by atoms with Gasteiger partial charge in [0, 0.05) is 24.8 Å². The fourth-order valence-electron chi connectivity index (χ4n) is 2.28. The molecule has 1 aromatic carbocycles. The molecule has 3 N–H and O–H groups in total. The van der Waals surface area contributed by atoms with Crippen molar-refractivity contribution < 1.29 is 9.59 Å². The van der Waals surface area contributed by atoms with E-state index in [2.05, 4.69) is 5.32 Å². The second-order valence-electron chi connectivity index (χ2n) is 6.68. The molecule has 1 aromatic rings. The van der Waals surface area contributed by atoms with Gasteiger partial charge < -0.3 is 16.0 Å². The van der Waals surface area contributed by atoms with E-state index < -0.39 is 6.04 Å². The number of likely N-dealkylation sites (N-methyl/N-ethyl adjacent to an activating group) is 1. The highest BCUT2D eigenvalue weighted by atomic mass is 16.2. The lowest BCUT2D eigenvalue weighted by Crippen LogP contribution is -2.45. The van der Waals surface area contributed by atoms with Gasteiger partial charge in [0.25, 0.3) is 5.91 Å². The molecule has 0 fully saturated rings. The van der Waals surface area contributed by atoms with Crippen LogP contribution < -0.4 is 11.1 Å². The molecule has 1 aliphatic heterocycles. The van der Waals surface area contributed by atoms with E-state index in [1.54, 1.807) is 18.0 Å². The zero-order valence-electron chi connectivity index (χ0n) is 13.1. The first-order chi connectivity index (χ1) is 9.70. The summed E-state index contributed by atoms with van der Waals surface area (Å²) in [5, 5.41) is 2.80. The molecule has 2 amide bonds. The zero-order chi connectivity index (χ0) is 15.8. The normalized spacial score (nSPS) is 16.4. The number of carbonyl (C=O) groups is 2. The van der Waals surface area contributed by atoms with Gasteiger partial charge in [-0.2, -0.15) is 0 Å². The van der Waals surface area contributed by atoms with Crippen LogP contribution in [0.2, 0.25) is 0 Å². The van der Waals surface area contributed by atoms with Gasteiger partial charge in [0.15, 0.2) is 0 Å². The molecule has 0 aromatic heterocycles. The van der Waals surface area contributed by atoms with Gasteiger partial charge in [-0.25, -0.2) is 0 Å². The summed E-state index contributed by atoms with van der Waals surface area (Å²) in [7, 11) is 1.78. The lowest BCUT2D eigenvalue weighted by Gasteiger charge is -2.27. The molecule has 0 aliphatic carbocycles. The largest absolute Gasteiger partial charge is 0.341 e. The Bertz CT molecular complexity index is 575. The van der Waals surface area contributed by atoms with Crippen LogP contribution in [0.4, 0.5) is 5.69 Å². The van der Waals surface area contributed by atoms with Gasteiger partial charge in [0.05, 0.1) is 6.04 Å². The number of nitrogens with one attached hydrogen (secondary N) is 1. The van der Waals surface area contributed by atoms with Crippen LogP contribution in [-0.4, -0.2) is 36.3 Å². The molecular weight excluding hydrogens is 266 g/mol. The Kier molecular flexibility index (Phi) is 4.05. The highest BCUT2D eigenvalue weighted by Crippen LogP contribution is 2.23. The standard InChI is InChI=1S/C16H23N3O2/c1-16(2,3)13(17)14(20)18-11-6-5-10-7-8-19(4)15(21)12(10)9-11/h5-6,9,13H,7-8,17H2,1-4H3,(H,18,20)/t13-/m1/s1. The highest BCUT2D eigenvalue weighted by molar-refractivity contribution is 6.00. The third kappa shape index (κ3) is 3.24. The molecule has 0 saturated heterocycles. The van der Waals surface area contributed by atoms with Crippen molar-refractivity contribution in [3.8, 4) is 0 Å². The average molecular weight is 289 g/mol. The van der Waals surface area contributed by atoms with E-state index in [4.69, 9.17) is 5.73 Å². The Morgan fingerprint density at radius 3 is 2.67 bits per heavy atom. The fourth-order valence-corrected chi connectivity index (χ4v) is 2.28. The first-order valence-corrected chi connectivity index (χ1v) is 7.15. The molecule has 2 rings (SSSR count). The van der Waals surface area contributed by atoms with Gasteiger partial charge in [-0.1, -0.05) is 26.8 Å². The summed E-state index contributed by atoms with van der Waals surface area (Å²) in [5.74, 6) is -0.244. The molecule has 21 heavy (non-hydrogen) atoms. The van der Waals surface area contributed by atoms with E-state index in [0.717, 1.165) is 18.5 Å². The molecule has 1 heterocycles. The molecule has 0 saturated carbocycles. The second-order valence-corrected chi connectivity index (χ2v) is 6.68. The predicted octanol–water partition coefficient (Wildman–Crippen LogP) is 1.63. The van der Waals surface area contributed by atoms with Crippen molar-refractivity contribution in [2.45, 2.75) is 33.2 Å². The van der Waals surface area contributed by atoms with Gasteiger partial charge >= 0.3 is 0 Å². The van der Waals surface area contributed by atoms with Crippen molar-refractivity contribution in [1.29, 1.82) is 0 Å². The summed E-state index contributed by atoms with van der Waals surface area (Å²) in [4.78, 5) is 26.0. The van der Waals surface area contributed by atoms with E-state index in [0.29, 0.717) is 11.3 Å². The summed E-state index contributed by atoms with van der Waals surface area (Å²) < 4.78 is 0. The maximum atomic E-state index is 12.1. The minimum absolute atomic E-state index is 0.00697. The number of benzene rings is 1. The van der Waals surface area contributed by atoms with Crippen LogP contribution in [0.25, 0.3) is 0 Å². The number of hydrogen-bond acceptors (Lipinski definition) is 3. The maximum Gasteiger partial charge on any atom is 0.253 e. The Morgan fingerprint density at radius 2 is 2.05 bits per heavy atom. The van der Waals surface area contributed by atoms with Crippen molar-refractivity contribution in [2.24, 2.45) is 11.1 Å². The quantitative estimate of drug-likeness (QED) is 0.869. The fraction of sp³-hybridized carbons (Fsp3) is 0.500. The van der Waals surface area contributed by atoms with E-state index >= 15 is 0 Å². The summed E-state index contributed by atoms with van der Waals surface area (Å²) in [6, 6.07) is 4.86.